The van der Waals surface area contributed by atoms with Crippen LogP contribution in [0.5, 0.6) is 0 Å². The van der Waals surface area contributed by atoms with Gasteiger partial charge in [0.2, 0.25) is 5.91 Å². The molecule has 0 bridgehead atoms. The van der Waals surface area contributed by atoms with Gasteiger partial charge in [0.25, 0.3) is 0 Å². The van der Waals surface area contributed by atoms with Crippen LogP contribution >= 0.6 is 0 Å². The molecule has 1 atom stereocenters. The first kappa shape index (κ1) is 22.1. The predicted octanol–water partition coefficient (Wildman–Crippen LogP) is 3.61. The van der Waals surface area contributed by atoms with Gasteiger partial charge < -0.3 is 15.2 Å². The Labute approximate surface area is 199 Å². The third-order valence-corrected chi connectivity index (χ3v) is 6.45. The van der Waals surface area contributed by atoms with E-state index in [2.05, 4.69) is 68.0 Å². The maximum atomic E-state index is 11.9. The number of pyridine rings is 1. The Morgan fingerprint density at radius 1 is 1.09 bits per heavy atom. The molecule has 0 saturated carbocycles. The van der Waals surface area contributed by atoms with Crippen molar-refractivity contribution in [1.82, 2.24) is 24.8 Å². The van der Waals surface area contributed by atoms with E-state index in [0.29, 0.717) is 6.54 Å². The summed E-state index contributed by atoms with van der Waals surface area (Å²) in [5.41, 5.74) is 7.94. The molecular formula is C27H30N6O. The van der Waals surface area contributed by atoms with E-state index in [1.54, 1.807) is 6.92 Å². The SMILES string of the molecule is CC(=O)NC(CNc1cncc(-c2ccc3ncn(C)c3c2)c1)CN1CCc2ccccc2C1. The van der Waals surface area contributed by atoms with E-state index in [0.717, 1.165) is 53.9 Å². The van der Waals surface area contributed by atoms with Gasteiger partial charge in [-0.1, -0.05) is 30.3 Å². The zero-order chi connectivity index (χ0) is 23.5. The summed E-state index contributed by atoms with van der Waals surface area (Å²) >= 11 is 0. The number of aromatic nitrogens is 3. The second kappa shape index (κ2) is 9.65. The standard InChI is InChI=1S/C27H30N6O/c1-19(34)31-25(17-33-10-9-20-5-3-4-6-22(20)16-33)15-29-24-11-23(13-28-14-24)21-7-8-26-27(12-21)32(2)18-30-26/h3-8,11-14,18,25,29H,9-10,15-17H2,1-2H3,(H,31,34). The van der Waals surface area contributed by atoms with Gasteiger partial charge in [0, 0.05) is 58.1 Å². The van der Waals surface area contributed by atoms with Crippen molar-refractivity contribution >= 4 is 22.6 Å². The van der Waals surface area contributed by atoms with Crippen LogP contribution in [0.4, 0.5) is 5.69 Å². The molecule has 0 aliphatic carbocycles. The lowest BCUT2D eigenvalue weighted by molar-refractivity contribution is -0.119. The summed E-state index contributed by atoms with van der Waals surface area (Å²) in [4.78, 5) is 23.1. The van der Waals surface area contributed by atoms with Crippen LogP contribution in [-0.2, 0) is 24.8 Å². The number of rotatable bonds is 7. The molecule has 0 saturated heterocycles. The number of aryl methyl sites for hydroxylation is 1. The van der Waals surface area contributed by atoms with Crippen LogP contribution in [0.2, 0.25) is 0 Å². The molecule has 4 aromatic rings. The third kappa shape index (κ3) is 4.94. The Kier molecular flexibility index (Phi) is 6.27. The minimum absolute atomic E-state index is 0.00258. The fourth-order valence-corrected chi connectivity index (χ4v) is 4.71. The Morgan fingerprint density at radius 2 is 1.94 bits per heavy atom. The van der Waals surface area contributed by atoms with E-state index >= 15 is 0 Å². The summed E-state index contributed by atoms with van der Waals surface area (Å²) < 4.78 is 2.02. The van der Waals surface area contributed by atoms with E-state index < -0.39 is 0 Å². The van der Waals surface area contributed by atoms with Crippen LogP contribution in [0.1, 0.15) is 18.1 Å². The molecule has 0 spiro atoms. The number of anilines is 1. The first-order valence-corrected chi connectivity index (χ1v) is 11.7. The maximum Gasteiger partial charge on any atom is 0.217 e. The zero-order valence-electron chi connectivity index (χ0n) is 19.7. The van der Waals surface area contributed by atoms with Gasteiger partial charge in [0.15, 0.2) is 0 Å². The molecule has 1 aliphatic rings. The Hall–Kier alpha value is -3.71. The highest BCUT2D eigenvalue weighted by molar-refractivity contribution is 5.82. The predicted molar refractivity (Wildman–Crippen MR) is 135 cm³/mol. The summed E-state index contributed by atoms with van der Waals surface area (Å²) in [6.45, 7) is 4.92. The van der Waals surface area contributed by atoms with Crippen LogP contribution in [-0.4, -0.2) is 51.0 Å². The van der Waals surface area contributed by atoms with Gasteiger partial charge in [0.05, 0.1) is 29.1 Å². The number of hydrogen-bond acceptors (Lipinski definition) is 5. The summed E-state index contributed by atoms with van der Waals surface area (Å²) in [6.07, 6.45) is 6.57. The van der Waals surface area contributed by atoms with Crippen LogP contribution in [0.25, 0.3) is 22.2 Å². The second-order valence-electron chi connectivity index (χ2n) is 9.05. The molecular weight excluding hydrogens is 424 g/mol. The van der Waals surface area contributed by atoms with Gasteiger partial charge in [-0.2, -0.15) is 0 Å². The van der Waals surface area contributed by atoms with Crippen molar-refractivity contribution in [3.05, 3.63) is 78.4 Å². The average molecular weight is 455 g/mol. The fraction of sp³-hybridized carbons (Fsp3) is 0.296. The Morgan fingerprint density at radius 3 is 2.79 bits per heavy atom. The third-order valence-electron chi connectivity index (χ3n) is 6.45. The Balaban J connectivity index is 1.27. The molecule has 0 radical (unpaired) electrons. The van der Waals surface area contributed by atoms with E-state index in [4.69, 9.17) is 0 Å². The molecule has 2 N–H and O–H groups in total. The topological polar surface area (TPSA) is 75.1 Å². The van der Waals surface area contributed by atoms with Crippen molar-refractivity contribution in [2.24, 2.45) is 7.05 Å². The molecule has 2 aromatic carbocycles. The quantitative estimate of drug-likeness (QED) is 0.446. The van der Waals surface area contributed by atoms with Crippen molar-refractivity contribution in [1.29, 1.82) is 0 Å². The number of hydrogen-bond donors (Lipinski definition) is 2. The van der Waals surface area contributed by atoms with Gasteiger partial charge >= 0.3 is 0 Å². The number of benzene rings is 2. The van der Waals surface area contributed by atoms with Gasteiger partial charge in [-0.15, -0.1) is 0 Å². The molecule has 3 heterocycles. The van der Waals surface area contributed by atoms with E-state index in [-0.39, 0.29) is 11.9 Å². The minimum atomic E-state index is -0.0134. The highest BCUT2D eigenvalue weighted by Crippen LogP contribution is 2.25. The monoisotopic (exact) mass is 454 g/mol. The highest BCUT2D eigenvalue weighted by atomic mass is 16.1. The number of nitrogens with one attached hydrogen (secondary N) is 2. The van der Waals surface area contributed by atoms with Crippen molar-refractivity contribution in [2.45, 2.75) is 25.9 Å². The lowest BCUT2D eigenvalue weighted by atomic mass is 9.99. The molecule has 0 fully saturated rings. The van der Waals surface area contributed by atoms with Crippen LogP contribution < -0.4 is 10.6 Å². The van der Waals surface area contributed by atoms with Gasteiger partial charge in [0.1, 0.15) is 0 Å². The summed E-state index contributed by atoms with van der Waals surface area (Å²) in [7, 11) is 2.00. The van der Waals surface area contributed by atoms with Crippen molar-refractivity contribution in [3.63, 3.8) is 0 Å². The number of carbonyl (C=O) groups excluding carboxylic acids is 1. The second-order valence-corrected chi connectivity index (χ2v) is 9.05. The van der Waals surface area contributed by atoms with Gasteiger partial charge in [-0.3, -0.25) is 14.7 Å². The number of fused-ring (bicyclic) bond motifs is 2. The molecule has 7 nitrogen and oxygen atoms in total. The van der Waals surface area contributed by atoms with Crippen LogP contribution in [0.15, 0.2) is 67.3 Å². The normalized spacial score (nSPS) is 14.5. The average Bonchev–Trinajstić information content (AvgIpc) is 3.22. The lowest BCUT2D eigenvalue weighted by Gasteiger charge is -2.32. The molecule has 7 heteroatoms. The Bertz CT molecular complexity index is 1310. The molecule has 1 unspecified atom stereocenters. The molecule has 5 rings (SSSR count). The first-order valence-electron chi connectivity index (χ1n) is 11.7. The highest BCUT2D eigenvalue weighted by Gasteiger charge is 2.20. The van der Waals surface area contributed by atoms with Crippen LogP contribution in [0, 0.1) is 0 Å². The largest absolute Gasteiger partial charge is 0.382 e. The fourth-order valence-electron chi connectivity index (χ4n) is 4.71. The van der Waals surface area contributed by atoms with Gasteiger partial charge in [-0.25, -0.2) is 4.98 Å². The number of carbonyl (C=O) groups is 1. The number of amides is 1. The molecule has 34 heavy (non-hydrogen) atoms. The summed E-state index contributed by atoms with van der Waals surface area (Å²) in [6, 6.07) is 17.0. The van der Waals surface area contributed by atoms with Gasteiger partial charge in [-0.05, 0) is 41.3 Å². The van der Waals surface area contributed by atoms with E-state index in [1.165, 1.54) is 11.1 Å². The number of nitrogens with zero attached hydrogens (tertiary/aromatic N) is 4. The maximum absolute atomic E-state index is 11.9. The van der Waals surface area contributed by atoms with E-state index in [1.807, 2.05) is 36.4 Å². The summed E-state index contributed by atoms with van der Waals surface area (Å²) in [5, 5.41) is 6.61. The first-order chi connectivity index (χ1) is 16.5. The van der Waals surface area contributed by atoms with Crippen molar-refractivity contribution in [2.75, 3.05) is 25.0 Å². The zero-order valence-corrected chi connectivity index (χ0v) is 19.7. The molecule has 174 valence electrons. The summed E-state index contributed by atoms with van der Waals surface area (Å²) in [5.74, 6) is -0.0134. The minimum Gasteiger partial charge on any atom is -0.382 e. The van der Waals surface area contributed by atoms with Crippen molar-refractivity contribution < 1.29 is 4.79 Å². The number of imidazole rings is 1. The smallest absolute Gasteiger partial charge is 0.217 e. The van der Waals surface area contributed by atoms with E-state index in [9.17, 15) is 4.79 Å². The molecule has 1 amide bonds. The molecule has 1 aliphatic heterocycles. The lowest BCUT2D eigenvalue weighted by Crippen LogP contribution is -2.48. The van der Waals surface area contributed by atoms with Crippen LogP contribution in [0.3, 0.4) is 0 Å². The molecule has 2 aromatic heterocycles. The van der Waals surface area contributed by atoms with Crippen molar-refractivity contribution in [3.8, 4) is 11.1 Å².